The lowest BCUT2D eigenvalue weighted by molar-refractivity contribution is 0.595. The third kappa shape index (κ3) is 2.52. The van der Waals surface area contributed by atoms with Crippen LogP contribution in [0.2, 0.25) is 0 Å². The van der Waals surface area contributed by atoms with Gasteiger partial charge in [-0.1, -0.05) is 24.3 Å². The van der Waals surface area contributed by atoms with Gasteiger partial charge in [0, 0.05) is 6.54 Å². The van der Waals surface area contributed by atoms with Crippen molar-refractivity contribution in [2.24, 2.45) is 11.7 Å². The van der Waals surface area contributed by atoms with Gasteiger partial charge in [-0.2, -0.15) is 11.8 Å². The number of thioether (sulfide) groups is 1. The molecule has 1 heterocycles. The van der Waals surface area contributed by atoms with Crippen molar-refractivity contribution >= 4 is 11.8 Å². The van der Waals surface area contributed by atoms with Crippen LogP contribution in [-0.2, 0) is 13.0 Å². The maximum atomic E-state index is 5.62. The van der Waals surface area contributed by atoms with Crippen LogP contribution in [0.25, 0.3) is 0 Å². The SMILES string of the molecule is NCc1cccc(CC2CCSC2)c1. The van der Waals surface area contributed by atoms with Gasteiger partial charge < -0.3 is 5.73 Å². The van der Waals surface area contributed by atoms with Gasteiger partial charge in [0.1, 0.15) is 0 Å². The second-order valence-corrected chi connectivity index (χ2v) is 5.11. The van der Waals surface area contributed by atoms with Crippen LogP contribution in [0, 0.1) is 5.92 Å². The second-order valence-electron chi connectivity index (χ2n) is 3.96. The van der Waals surface area contributed by atoms with E-state index in [1.165, 1.54) is 35.5 Å². The van der Waals surface area contributed by atoms with Gasteiger partial charge in [-0.3, -0.25) is 0 Å². The van der Waals surface area contributed by atoms with Gasteiger partial charge >= 0.3 is 0 Å². The largest absolute Gasteiger partial charge is 0.326 e. The van der Waals surface area contributed by atoms with Gasteiger partial charge in [0.2, 0.25) is 0 Å². The molecule has 76 valence electrons. The highest BCUT2D eigenvalue weighted by molar-refractivity contribution is 7.99. The summed E-state index contributed by atoms with van der Waals surface area (Å²) >= 11 is 2.09. The van der Waals surface area contributed by atoms with Crippen LogP contribution in [0.3, 0.4) is 0 Å². The molecule has 2 rings (SSSR count). The zero-order chi connectivity index (χ0) is 9.80. The third-order valence-corrected chi connectivity index (χ3v) is 4.01. The van der Waals surface area contributed by atoms with E-state index in [-0.39, 0.29) is 0 Å². The summed E-state index contributed by atoms with van der Waals surface area (Å²) in [7, 11) is 0. The Balaban J connectivity index is 2.00. The molecule has 2 heteroatoms. The van der Waals surface area contributed by atoms with Crippen LogP contribution in [0.15, 0.2) is 24.3 Å². The summed E-state index contributed by atoms with van der Waals surface area (Å²) in [6.07, 6.45) is 2.62. The summed E-state index contributed by atoms with van der Waals surface area (Å²) in [6, 6.07) is 8.71. The molecule has 14 heavy (non-hydrogen) atoms. The molecule has 1 atom stereocenters. The van der Waals surface area contributed by atoms with Crippen molar-refractivity contribution < 1.29 is 0 Å². The lowest BCUT2D eigenvalue weighted by Gasteiger charge is -2.08. The highest BCUT2D eigenvalue weighted by atomic mass is 32.2. The molecule has 0 spiro atoms. The van der Waals surface area contributed by atoms with Crippen molar-refractivity contribution in [3.63, 3.8) is 0 Å². The van der Waals surface area contributed by atoms with E-state index < -0.39 is 0 Å². The van der Waals surface area contributed by atoms with Gasteiger partial charge in [-0.05, 0) is 41.4 Å². The van der Waals surface area contributed by atoms with Gasteiger partial charge in [0.15, 0.2) is 0 Å². The van der Waals surface area contributed by atoms with E-state index in [0.717, 1.165) is 5.92 Å². The molecule has 1 fully saturated rings. The van der Waals surface area contributed by atoms with Crippen LogP contribution in [-0.4, -0.2) is 11.5 Å². The van der Waals surface area contributed by atoms with Crippen LogP contribution in [0.5, 0.6) is 0 Å². The minimum atomic E-state index is 0.660. The molecule has 1 saturated heterocycles. The summed E-state index contributed by atoms with van der Waals surface area (Å²) < 4.78 is 0. The first-order valence-electron chi connectivity index (χ1n) is 5.24. The van der Waals surface area contributed by atoms with E-state index >= 15 is 0 Å². The van der Waals surface area contributed by atoms with Crippen LogP contribution < -0.4 is 5.73 Å². The predicted molar refractivity (Wildman–Crippen MR) is 63.5 cm³/mol. The fraction of sp³-hybridized carbons (Fsp3) is 0.500. The van der Waals surface area contributed by atoms with Crippen LogP contribution in [0.1, 0.15) is 17.5 Å². The monoisotopic (exact) mass is 207 g/mol. The van der Waals surface area contributed by atoms with Gasteiger partial charge in [0.25, 0.3) is 0 Å². The first kappa shape index (κ1) is 10.1. The zero-order valence-corrected chi connectivity index (χ0v) is 9.22. The Bertz CT molecular complexity index is 292. The Morgan fingerprint density at radius 1 is 1.36 bits per heavy atom. The molecule has 1 aromatic carbocycles. The standard InChI is InChI=1S/C12H17NS/c13-8-11-3-1-2-10(6-11)7-12-4-5-14-9-12/h1-3,6,12H,4-5,7-9,13H2. The first-order valence-corrected chi connectivity index (χ1v) is 6.39. The number of hydrogen-bond acceptors (Lipinski definition) is 2. The number of rotatable bonds is 3. The molecule has 0 radical (unpaired) electrons. The molecule has 0 aromatic heterocycles. The Labute approximate surface area is 90.1 Å². The van der Waals surface area contributed by atoms with E-state index in [0.29, 0.717) is 6.54 Å². The lowest BCUT2D eigenvalue weighted by Crippen LogP contribution is -2.03. The number of benzene rings is 1. The van der Waals surface area contributed by atoms with E-state index in [9.17, 15) is 0 Å². The van der Waals surface area contributed by atoms with Crippen molar-refractivity contribution in [3.05, 3.63) is 35.4 Å². The topological polar surface area (TPSA) is 26.0 Å². The molecule has 1 unspecified atom stereocenters. The minimum absolute atomic E-state index is 0.660. The summed E-state index contributed by atoms with van der Waals surface area (Å²) in [5.41, 5.74) is 8.34. The number of hydrogen-bond donors (Lipinski definition) is 1. The Hall–Kier alpha value is -0.470. The predicted octanol–water partition coefficient (Wildman–Crippen LogP) is 2.44. The molecular formula is C12H17NS. The first-order chi connectivity index (χ1) is 6.88. The molecule has 2 N–H and O–H groups in total. The average Bonchev–Trinajstić information content (AvgIpc) is 2.71. The van der Waals surface area contributed by atoms with Gasteiger partial charge in [-0.15, -0.1) is 0 Å². The van der Waals surface area contributed by atoms with Gasteiger partial charge in [-0.25, -0.2) is 0 Å². The number of nitrogens with two attached hydrogens (primary N) is 1. The van der Waals surface area contributed by atoms with Crippen molar-refractivity contribution in [1.29, 1.82) is 0 Å². The average molecular weight is 207 g/mol. The summed E-state index contributed by atoms with van der Waals surface area (Å²) in [5, 5.41) is 0. The maximum absolute atomic E-state index is 5.62. The van der Waals surface area contributed by atoms with E-state index in [2.05, 4.69) is 36.0 Å². The lowest BCUT2D eigenvalue weighted by atomic mass is 9.98. The van der Waals surface area contributed by atoms with Crippen molar-refractivity contribution in [2.45, 2.75) is 19.4 Å². The van der Waals surface area contributed by atoms with Crippen molar-refractivity contribution in [2.75, 3.05) is 11.5 Å². The molecule has 1 aliphatic heterocycles. The van der Waals surface area contributed by atoms with Crippen molar-refractivity contribution in [3.8, 4) is 0 Å². The Morgan fingerprint density at radius 3 is 2.93 bits per heavy atom. The summed E-state index contributed by atoms with van der Waals surface area (Å²) in [6.45, 7) is 0.660. The van der Waals surface area contributed by atoms with E-state index in [4.69, 9.17) is 5.73 Å². The third-order valence-electron chi connectivity index (χ3n) is 2.78. The van der Waals surface area contributed by atoms with Crippen molar-refractivity contribution in [1.82, 2.24) is 0 Å². The molecule has 0 aliphatic carbocycles. The molecule has 0 bridgehead atoms. The minimum Gasteiger partial charge on any atom is -0.326 e. The summed E-state index contributed by atoms with van der Waals surface area (Å²) in [4.78, 5) is 0. The van der Waals surface area contributed by atoms with Gasteiger partial charge in [0.05, 0.1) is 0 Å². The molecule has 1 aliphatic rings. The zero-order valence-electron chi connectivity index (χ0n) is 8.41. The fourth-order valence-corrected chi connectivity index (χ4v) is 3.25. The fourth-order valence-electron chi connectivity index (χ4n) is 1.96. The van der Waals surface area contributed by atoms with Crippen LogP contribution >= 0.6 is 11.8 Å². The molecule has 1 nitrogen and oxygen atoms in total. The van der Waals surface area contributed by atoms with Crippen LogP contribution in [0.4, 0.5) is 0 Å². The quantitative estimate of drug-likeness (QED) is 0.824. The maximum Gasteiger partial charge on any atom is 0.0178 e. The molecule has 0 saturated carbocycles. The second kappa shape index (κ2) is 4.85. The smallest absolute Gasteiger partial charge is 0.0178 e. The highest BCUT2D eigenvalue weighted by Gasteiger charge is 2.15. The molecule has 0 amide bonds. The van der Waals surface area contributed by atoms with E-state index in [1.807, 2.05) is 0 Å². The Kier molecular flexibility index (Phi) is 3.49. The molecule has 1 aromatic rings. The Morgan fingerprint density at radius 2 is 2.21 bits per heavy atom. The van der Waals surface area contributed by atoms with E-state index in [1.54, 1.807) is 0 Å². The molecular weight excluding hydrogens is 190 g/mol. The highest BCUT2D eigenvalue weighted by Crippen LogP contribution is 2.26. The summed E-state index contributed by atoms with van der Waals surface area (Å²) in [5.74, 6) is 3.58. The normalized spacial score (nSPS) is 21.4.